The van der Waals surface area contributed by atoms with Gasteiger partial charge in [-0.25, -0.2) is 0 Å². The Morgan fingerprint density at radius 2 is 1.17 bits per heavy atom. The molecule has 10 atom stereocenters. The molecule has 0 radical (unpaired) electrons. The van der Waals surface area contributed by atoms with E-state index in [0.717, 1.165) is 27.7 Å². The number of ether oxygens (including phenoxy) is 7. The van der Waals surface area contributed by atoms with Crippen molar-refractivity contribution < 1.29 is 72.8 Å². The number of carbonyl (C=O) groups is 4. The van der Waals surface area contributed by atoms with Crippen LogP contribution in [0.5, 0.6) is 0 Å². The Hall–Kier alpha value is -2.40. The van der Waals surface area contributed by atoms with Gasteiger partial charge in [-0.1, -0.05) is 0 Å². The highest BCUT2D eigenvalue weighted by Gasteiger charge is 2.53. The Morgan fingerprint density at radius 1 is 0.629 bits per heavy atom. The van der Waals surface area contributed by atoms with Gasteiger partial charge in [0.2, 0.25) is 0 Å². The van der Waals surface area contributed by atoms with Gasteiger partial charge in [-0.2, -0.15) is 0 Å². The molecule has 200 valence electrons. The number of aliphatic hydroxyl groups excluding tert-OH is 4. The van der Waals surface area contributed by atoms with Crippen LogP contribution in [0.25, 0.3) is 0 Å². The van der Waals surface area contributed by atoms with E-state index in [-0.39, 0.29) is 0 Å². The summed E-state index contributed by atoms with van der Waals surface area (Å²) < 4.78 is 37.0. The van der Waals surface area contributed by atoms with E-state index in [1.807, 2.05) is 0 Å². The van der Waals surface area contributed by atoms with E-state index in [2.05, 4.69) is 0 Å². The molecule has 0 amide bonds. The van der Waals surface area contributed by atoms with Crippen LogP contribution in [0.4, 0.5) is 0 Å². The molecule has 15 heteroatoms. The monoisotopic (exact) mass is 510 g/mol. The van der Waals surface area contributed by atoms with Gasteiger partial charge in [-0.15, -0.1) is 0 Å². The van der Waals surface area contributed by atoms with Crippen LogP contribution in [0.3, 0.4) is 0 Å². The third-order valence-electron chi connectivity index (χ3n) is 5.06. The van der Waals surface area contributed by atoms with Crippen LogP contribution in [0.15, 0.2) is 0 Å². The maximum absolute atomic E-state index is 11.8. The number of carbonyl (C=O) groups excluding carboxylic acids is 4. The van der Waals surface area contributed by atoms with Crippen LogP contribution in [-0.2, 0) is 52.3 Å². The molecular formula is C20H30O15. The Kier molecular flexibility index (Phi) is 10.3. The van der Waals surface area contributed by atoms with E-state index in [1.54, 1.807) is 0 Å². The first-order chi connectivity index (χ1) is 16.3. The highest BCUT2D eigenvalue weighted by molar-refractivity contribution is 5.68. The van der Waals surface area contributed by atoms with Crippen molar-refractivity contribution in [2.45, 2.75) is 89.1 Å². The predicted octanol–water partition coefficient (Wildman–Crippen LogP) is -3.11. The maximum atomic E-state index is 11.8. The minimum Gasteiger partial charge on any atom is -0.463 e. The molecule has 2 saturated heterocycles. The molecule has 4 N–H and O–H groups in total. The van der Waals surface area contributed by atoms with Gasteiger partial charge in [-0.3, -0.25) is 19.2 Å². The van der Waals surface area contributed by atoms with Gasteiger partial charge >= 0.3 is 23.9 Å². The van der Waals surface area contributed by atoms with Crippen molar-refractivity contribution in [3.63, 3.8) is 0 Å². The number of esters is 4. The Balaban J connectivity index is 2.32. The smallest absolute Gasteiger partial charge is 0.303 e. The first-order valence-electron chi connectivity index (χ1n) is 10.6. The average Bonchev–Trinajstić information content (AvgIpc) is 2.75. The topological polar surface area (TPSA) is 214 Å². The summed E-state index contributed by atoms with van der Waals surface area (Å²) in [4.78, 5) is 46.6. The van der Waals surface area contributed by atoms with Crippen LogP contribution < -0.4 is 0 Å². The molecule has 0 bridgehead atoms. The summed E-state index contributed by atoms with van der Waals surface area (Å²) in [5, 5.41) is 39.3. The summed E-state index contributed by atoms with van der Waals surface area (Å²) >= 11 is 0. The summed E-state index contributed by atoms with van der Waals surface area (Å²) in [7, 11) is 0. The van der Waals surface area contributed by atoms with Gasteiger partial charge in [0, 0.05) is 27.7 Å². The van der Waals surface area contributed by atoms with Gasteiger partial charge < -0.3 is 53.6 Å². The molecule has 2 aliphatic heterocycles. The van der Waals surface area contributed by atoms with Gasteiger partial charge in [0.05, 0.1) is 6.61 Å². The normalized spacial score (nSPS) is 37.1. The largest absolute Gasteiger partial charge is 0.463 e. The van der Waals surface area contributed by atoms with Gasteiger partial charge in [0.15, 0.2) is 30.9 Å². The fraction of sp³-hybridized carbons (Fsp3) is 0.800. The Bertz CT molecular complexity index is 772. The molecule has 0 aromatic carbocycles. The lowest BCUT2D eigenvalue weighted by atomic mass is 9.97. The fourth-order valence-corrected chi connectivity index (χ4v) is 3.58. The van der Waals surface area contributed by atoms with Gasteiger partial charge in [0.1, 0.15) is 37.1 Å². The summed E-state index contributed by atoms with van der Waals surface area (Å²) in [6.45, 7) is 3.26. The maximum Gasteiger partial charge on any atom is 0.303 e. The number of hydrogen-bond acceptors (Lipinski definition) is 15. The van der Waals surface area contributed by atoms with Crippen molar-refractivity contribution in [1.29, 1.82) is 0 Å². The molecule has 35 heavy (non-hydrogen) atoms. The van der Waals surface area contributed by atoms with Crippen molar-refractivity contribution in [2.24, 2.45) is 0 Å². The third kappa shape index (κ3) is 7.79. The SMILES string of the molecule is CC(=O)OC[C@H]1O[C@H](OC[C@H]2O[C@H](O)[C@H](O)[C@@H](O)[C@@H]2O)[C@H](OC(C)=O)[C@@H](OC(C)=O)[C@@H]1OC(C)=O. The third-order valence-corrected chi connectivity index (χ3v) is 5.06. The molecule has 0 aromatic rings. The van der Waals surface area contributed by atoms with E-state index in [1.165, 1.54) is 0 Å². The number of hydrogen-bond donors (Lipinski definition) is 4. The van der Waals surface area contributed by atoms with E-state index >= 15 is 0 Å². The average molecular weight is 510 g/mol. The minimum atomic E-state index is -1.84. The lowest BCUT2D eigenvalue weighted by Crippen LogP contribution is -2.64. The Labute approximate surface area is 199 Å². The molecule has 2 aliphatic rings. The molecule has 2 rings (SSSR count). The van der Waals surface area contributed by atoms with Crippen molar-refractivity contribution in [3.05, 3.63) is 0 Å². The van der Waals surface area contributed by atoms with E-state index in [0.29, 0.717) is 0 Å². The molecule has 0 aromatic heterocycles. The number of rotatable bonds is 8. The zero-order chi connectivity index (χ0) is 26.4. The summed E-state index contributed by atoms with van der Waals surface area (Å²) in [6.07, 6.45) is -15.6. The summed E-state index contributed by atoms with van der Waals surface area (Å²) in [6, 6.07) is 0. The van der Waals surface area contributed by atoms with E-state index in [9.17, 15) is 39.6 Å². The predicted molar refractivity (Wildman–Crippen MR) is 107 cm³/mol. The van der Waals surface area contributed by atoms with Crippen LogP contribution >= 0.6 is 0 Å². The zero-order valence-electron chi connectivity index (χ0n) is 19.5. The van der Waals surface area contributed by atoms with E-state index in [4.69, 9.17) is 33.2 Å². The van der Waals surface area contributed by atoms with Crippen LogP contribution in [0, 0.1) is 0 Å². The van der Waals surface area contributed by atoms with Gasteiger partial charge in [0.25, 0.3) is 0 Å². The van der Waals surface area contributed by atoms with Crippen molar-refractivity contribution in [3.8, 4) is 0 Å². The fourth-order valence-electron chi connectivity index (χ4n) is 3.58. The van der Waals surface area contributed by atoms with Crippen LogP contribution in [0.1, 0.15) is 27.7 Å². The lowest BCUT2D eigenvalue weighted by molar-refractivity contribution is -0.328. The van der Waals surface area contributed by atoms with Crippen LogP contribution in [-0.4, -0.2) is 119 Å². The number of aliphatic hydroxyl groups is 4. The second kappa shape index (κ2) is 12.5. The van der Waals surface area contributed by atoms with Crippen molar-refractivity contribution in [2.75, 3.05) is 13.2 Å². The standard InChI is InChI=1S/C20H30O15/c1-7(21)29-6-12-16(31-8(2)22)17(32-9(3)23)18(33-10(4)24)20(35-12)30-5-11-13(25)14(26)15(27)19(28)34-11/h11-20,25-28H,5-6H2,1-4H3/t11-,12-,13-,14+,15-,16-,17+,18-,19+,20+/m1/s1. The summed E-state index contributed by atoms with van der Waals surface area (Å²) in [5.41, 5.74) is 0. The first kappa shape index (κ1) is 28.8. The molecule has 0 saturated carbocycles. The van der Waals surface area contributed by atoms with E-state index < -0.39 is 98.5 Å². The zero-order valence-corrected chi connectivity index (χ0v) is 19.5. The molecule has 0 aliphatic carbocycles. The molecule has 2 fully saturated rings. The highest BCUT2D eigenvalue weighted by Crippen LogP contribution is 2.31. The minimum absolute atomic E-state index is 0.468. The quantitative estimate of drug-likeness (QED) is 0.188. The van der Waals surface area contributed by atoms with Crippen LogP contribution in [0.2, 0.25) is 0 Å². The molecule has 15 nitrogen and oxygen atoms in total. The first-order valence-corrected chi connectivity index (χ1v) is 10.6. The molecular weight excluding hydrogens is 480 g/mol. The molecule has 2 heterocycles. The van der Waals surface area contributed by atoms with Crippen molar-refractivity contribution in [1.82, 2.24) is 0 Å². The Morgan fingerprint density at radius 3 is 1.71 bits per heavy atom. The van der Waals surface area contributed by atoms with Crippen molar-refractivity contribution >= 4 is 23.9 Å². The lowest BCUT2D eigenvalue weighted by Gasteiger charge is -2.45. The second-order valence-corrected chi connectivity index (χ2v) is 7.94. The molecule has 0 unspecified atom stereocenters. The highest BCUT2D eigenvalue weighted by atomic mass is 16.7. The van der Waals surface area contributed by atoms with Gasteiger partial charge in [-0.05, 0) is 0 Å². The molecule has 0 spiro atoms. The summed E-state index contributed by atoms with van der Waals surface area (Å²) in [5.74, 6) is -3.17. The second-order valence-electron chi connectivity index (χ2n) is 7.94.